The SMILES string of the molecule is CCOC(=O)c1c(C=O)c(-c2ccc(OC)cc2)n2ccccc12. The predicted octanol–water partition coefficient (Wildman–Crippen LogP) is 3.60. The third-order valence-corrected chi connectivity index (χ3v) is 3.84. The van der Waals surface area contributed by atoms with Crippen LogP contribution in [-0.2, 0) is 4.74 Å². The molecule has 0 radical (unpaired) electrons. The van der Waals surface area contributed by atoms with Gasteiger partial charge in [-0.05, 0) is 48.9 Å². The minimum absolute atomic E-state index is 0.249. The molecule has 0 saturated carbocycles. The zero-order valence-electron chi connectivity index (χ0n) is 13.5. The molecule has 0 atom stereocenters. The van der Waals surface area contributed by atoms with Crippen LogP contribution in [0.25, 0.3) is 16.8 Å². The number of rotatable bonds is 5. The molecule has 3 rings (SSSR count). The van der Waals surface area contributed by atoms with Crippen molar-refractivity contribution in [1.82, 2.24) is 4.40 Å². The maximum Gasteiger partial charge on any atom is 0.341 e. The number of carbonyl (C=O) groups is 2. The molecule has 0 N–H and O–H groups in total. The van der Waals surface area contributed by atoms with Crippen molar-refractivity contribution in [3.05, 3.63) is 59.8 Å². The van der Waals surface area contributed by atoms with E-state index in [-0.39, 0.29) is 6.61 Å². The molecule has 1 aromatic carbocycles. The lowest BCUT2D eigenvalue weighted by molar-refractivity contribution is 0.0527. The molecule has 5 nitrogen and oxygen atoms in total. The van der Waals surface area contributed by atoms with E-state index in [1.165, 1.54) is 0 Å². The van der Waals surface area contributed by atoms with Gasteiger partial charge in [0, 0.05) is 6.20 Å². The molecule has 122 valence electrons. The van der Waals surface area contributed by atoms with Crippen molar-refractivity contribution in [2.24, 2.45) is 0 Å². The highest BCUT2D eigenvalue weighted by Gasteiger charge is 2.24. The van der Waals surface area contributed by atoms with Gasteiger partial charge in [0.25, 0.3) is 0 Å². The summed E-state index contributed by atoms with van der Waals surface area (Å²) >= 11 is 0. The van der Waals surface area contributed by atoms with Crippen molar-refractivity contribution in [3.63, 3.8) is 0 Å². The van der Waals surface area contributed by atoms with E-state index in [0.29, 0.717) is 28.6 Å². The molecule has 2 heterocycles. The number of carbonyl (C=O) groups excluding carboxylic acids is 2. The van der Waals surface area contributed by atoms with E-state index in [4.69, 9.17) is 9.47 Å². The van der Waals surface area contributed by atoms with Crippen LogP contribution in [0.15, 0.2) is 48.7 Å². The summed E-state index contributed by atoms with van der Waals surface area (Å²) in [5.74, 6) is 0.223. The lowest BCUT2D eigenvalue weighted by Crippen LogP contribution is -2.06. The molecule has 0 aliphatic carbocycles. The highest BCUT2D eigenvalue weighted by molar-refractivity contribution is 6.09. The number of aromatic nitrogens is 1. The van der Waals surface area contributed by atoms with Gasteiger partial charge >= 0.3 is 5.97 Å². The normalized spacial score (nSPS) is 10.6. The molecule has 0 fully saturated rings. The second kappa shape index (κ2) is 6.58. The summed E-state index contributed by atoms with van der Waals surface area (Å²) in [7, 11) is 1.59. The van der Waals surface area contributed by atoms with Crippen molar-refractivity contribution >= 4 is 17.8 Å². The van der Waals surface area contributed by atoms with Gasteiger partial charge in [0.2, 0.25) is 0 Å². The van der Waals surface area contributed by atoms with Gasteiger partial charge in [0.15, 0.2) is 6.29 Å². The molecule has 0 aliphatic rings. The summed E-state index contributed by atoms with van der Waals surface area (Å²) in [5.41, 5.74) is 2.73. The average Bonchev–Trinajstić information content (AvgIpc) is 2.96. The number of hydrogen-bond donors (Lipinski definition) is 0. The van der Waals surface area contributed by atoms with Gasteiger partial charge in [-0.25, -0.2) is 4.79 Å². The Morgan fingerprint density at radius 1 is 1.17 bits per heavy atom. The molecular formula is C19H17NO4. The van der Waals surface area contributed by atoms with E-state index in [9.17, 15) is 9.59 Å². The zero-order valence-corrected chi connectivity index (χ0v) is 13.5. The third kappa shape index (κ3) is 2.54. The molecule has 24 heavy (non-hydrogen) atoms. The Labute approximate surface area is 139 Å². The van der Waals surface area contributed by atoms with Crippen LogP contribution in [0.2, 0.25) is 0 Å². The van der Waals surface area contributed by atoms with Gasteiger partial charge in [0.1, 0.15) is 5.75 Å². The fourth-order valence-corrected chi connectivity index (χ4v) is 2.80. The lowest BCUT2D eigenvalue weighted by Gasteiger charge is -2.05. The van der Waals surface area contributed by atoms with Gasteiger partial charge in [-0.2, -0.15) is 0 Å². The highest BCUT2D eigenvalue weighted by Crippen LogP contribution is 2.32. The first-order valence-electron chi connectivity index (χ1n) is 7.61. The smallest absolute Gasteiger partial charge is 0.341 e. The van der Waals surface area contributed by atoms with Crippen molar-refractivity contribution in [3.8, 4) is 17.0 Å². The molecule has 2 aromatic heterocycles. The molecule has 0 amide bonds. The summed E-state index contributed by atoms with van der Waals surface area (Å²) in [4.78, 5) is 24.1. The topological polar surface area (TPSA) is 57.0 Å². The summed E-state index contributed by atoms with van der Waals surface area (Å²) in [6.07, 6.45) is 2.53. The van der Waals surface area contributed by atoms with E-state index >= 15 is 0 Å². The molecule has 0 aliphatic heterocycles. The fourth-order valence-electron chi connectivity index (χ4n) is 2.80. The molecule has 0 unspecified atom stereocenters. The van der Waals surface area contributed by atoms with Gasteiger partial charge in [-0.1, -0.05) is 6.07 Å². The van der Waals surface area contributed by atoms with E-state index in [2.05, 4.69) is 0 Å². The predicted molar refractivity (Wildman–Crippen MR) is 90.7 cm³/mol. The minimum Gasteiger partial charge on any atom is -0.497 e. The molecule has 3 aromatic rings. The Balaban J connectivity index is 2.30. The number of nitrogens with zero attached hydrogens (tertiary/aromatic N) is 1. The van der Waals surface area contributed by atoms with Gasteiger partial charge in [-0.15, -0.1) is 0 Å². The van der Waals surface area contributed by atoms with Crippen LogP contribution < -0.4 is 4.74 Å². The second-order valence-corrected chi connectivity index (χ2v) is 5.16. The average molecular weight is 323 g/mol. The number of methoxy groups -OCH3 is 1. The second-order valence-electron chi connectivity index (χ2n) is 5.16. The minimum atomic E-state index is -0.497. The molecular weight excluding hydrogens is 306 g/mol. The Morgan fingerprint density at radius 3 is 2.54 bits per heavy atom. The molecule has 0 bridgehead atoms. The summed E-state index contributed by atoms with van der Waals surface area (Å²) in [6, 6.07) is 12.8. The van der Waals surface area contributed by atoms with Gasteiger partial charge in [0.05, 0.1) is 36.1 Å². The van der Waals surface area contributed by atoms with E-state index in [1.807, 2.05) is 47.0 Å². The highest BCUT2D eigenvalue weighted by atomic mass is 16.5. The summed E-state index contributed by atoms with van der Waals surface area (Å²) in [5, 5.41) is 0. The monoisotopic (exact) mass is 323 g/mol. The van der Waals surface area contributed by atoms with Crippen LogP contribution in [-0.4, -0.2) is 30.4 Å². The van der Waals surface area contributed by atoms with Crippen LogP contribution in [0, 0.1) is 0 Å². The largest absolute Gasteiger partial charge is 0.497 e. The summed E-state index contributed by atoms with van der Waals surface area (Å²) < 4.78 is 12.1. The quantitative estimate of drug-likeness (QED) is 0.532. The van der Waals surface area contributed by atoms with Gasteiger partial charge in [-0.3, -0.25) is 4.79 Å². The number of benzene rings is 1. The fraction of sp³-hybridized carbons (Fsp3) is 0.158. The number of ether oxygens (including phenoxy) is 2. The summed E-state index contributed by atoms with van der Waals surface area (Å²) in [6.45, 7) is 1.99. The number of hydrogen-bond acceptors (Lipinski definition) is 4. The van der Waals surface area contributed by atoms with Gasteiger partial charge < -0.3 is 13.9 Å². The van der Waals surface area contributed by atoms with Crippen LogP contribution >= 0.6 is 0 Å². The van der Waals surface area contributed by atoms with Crippen LogP contribution in [0.4, 0.5) is 0 Å². The van der Waals surface area contributed by atoms with E-state index in [0.717, 1.165) is 11.3 Å². The number of aldehydes is 1. The first-order chi connectivity index (χ1) is 11.7. The van der Waals surface area contributed by atoms with Crippen LogP contribution in [0.1, 0.15) is 27.6 Å². The standard InChI is InChI=1S/C19H17NO4/c1-3-24-19(22)17-15(12-21)18(20-11-5-4-6-16(17)20)13-7-9-14(23-2)10-8-13/h4-12H,3H2,1-2H3. The number of fused-ring (bicyclic) bond motifs is 1. The number of pyridine rings is 1. The number of esters is 1. The first kappa shape index (κ1) is 15.8. The van der Waals surface area contributed by atoms with Crippen molar-refractivity contribution in [2.45, 2.75) is 6.92 Å². The molecule has 0 spiro atoms. The Hall–Kier alpha value is -3.08. The third-order valence-electron chi connectivity index (χ3n) is 3.84. The molecule has 0 saturated heterocycles. The lowest BCUT2D eigenvalue weighted by atomic mass is 10.0. The van der Waals surface area contributed by atoms with Crippen molar-refractivity contribution in [2.75, 3.05) is 13.7 Å². The molecule has 5 heteroatoms. The Bertz CT molecular complexity index is 894. The van der Waals surface area contributed by atoms with Crippen molar-refractivity contribution in [1.29, 1.82) is 0 Å². The zero-order chi connectivity index (χ0) is 17.1. The maximum atomic E-state index is 12.4. The van der Waals surface area contributed by atoms with E-state index < -0.39 is 5.97 Å². The van der Waals surface area contributed by atoms with Crippen LogP contribution in [0.3, 0.4) is 0 Å². The first-order valence-corrected chi connectivity index (χ1v) is 7.61. The van der Waals surface area contributed by atoms with E-state index in [1.54, 1.807) is 20.1 Å². The Morgan fingerprint density at radius 2 is 1.92 bits per heavy atom. The van der Waals surface area contributed by atoms with Crippen molar-refractivity contribution < 1.29 is 19.1 Å². The maximum absolute atomic E-state index is 12.4. The Kier molecular flexibility index (Phi) is 4.33. The van der Waals surface area contributed by atoms with Crippen LogP contribution in [0.5, 0.6) is 5.75 Å².